The minimum Gasteiger partial charge on any atom is -0.507 e. The molecule has 352 valence electrons. The molecule has 3 aromatic carbocycles. The molecule has 2 saturated heterocycles. The maximum Gasteiger partial charge on any atom is 0.488 e. The zero-order valence-electron chi connectivity index (χ0n) is 37.8. The highest BCUT2D eigenvalue weighted by Gasteiger charge is 2.42. The van der Waals surface area contributed by atoms with Gasteiger partial charge in [0, 0.05) is 49.3 Å². The van der Waals surface area contributed by atoms with Crippen molar-refractivity contribution in [3.8, 4) is 17.2 Å². The molecule has 2 fully saturated rings. The highest BCUT2D eigenvalue weighted by molar-refractivity contribution is 6.58. The van der Waals surface area contributed by atoms with E-state index in [-0.39, 0.29) is 94.0 Å². The molecule has 3 aromatic rings. The van der Waals surface area contributed by atoms with Crippen molar-refractivity contribution < 1.29 is 68.3 Å². The first-order valence-corrected chi connectivity index (χ1v) is 22.5. The molecule has 0 radical (unpaired) electrons. The van der Waals surface area contributed by atoms with Gasteiger partial charge in [-0.1, -0.05) is 81.8 Å². The number of nitrogens with zero attached hydrogens (tertiary/aromatic N) is 1. The van der Waals surface area contributed by atoms with Gasteiger partial charge in [0.1, 0.15) is 36.7 Å². The second-order valence-electron chi connectivity index (χ2n) is 16.8. The lowest BCUT2D eigenvalue weighted by molar-refractivity contribution is -0.126. The Balaban J connectivity index is 0.000000196. The number of rotatable bonds is 17. The lowest BCUT2D eigenvalue weighted by atomic mass is 9.75. The fourth-order valence-electron chi connectivity index (χ4n) is 8.89. The van der Waals surface area contributed by atoms with Gasteiger partial charge in [0.15, 0.2) is 11.6 Å². The number of aromatic hydroxyl groups is 2. The first-order valence-electron chi connectivity index (χ1n) is 22.5. The largest absolute Gasteiger partial charge is 0.507 e. The first-order chi connectivity index (χ1) is 31.3. The number of ether oxygens (including phenoxy) is 4. The average molecular weight is 903 g/mol. The van der Waals surface area contributed by atoms with Crippen LogP contribution in [0.2, 0.25) is 0 Å². The van der Waals surface area contributed by atoms with Gasteiger partial charge in [-0.05, 0) is 56.1 Å². The number of aliphatic hydroxyl groups is 1. The fraction of sp³-hybridized carbons (Fsp3) is 0.521. The molecule has 5 unspecified atom stereocenters. The summed E-state index contributed by atoms with van der Waals surface area (Å²) in [7, 11) is 1.50. The summed E-state index contributed by atoms with van der Waals surface area (Å²) in [4.78, 5) is 62.3. The molecule has 2 amide bonds. The van der Waals surface area contributed by atoms with Crippen LogP contribution in [-0.4, -0.2) is 126 Å². The van der Waals surface area contributed by atoms with Crippen molar-refractivity contribution in [1.29, 1.82) is 0 Å². The van der Waals surface area contributed by atoms with Crippen molar-refractivity contribution in [2.75, 3.05) is 40.7 Å². The van der Waals surface area contributed by atoms with Crippen LogP contribution in [-0.2, 0) is 41.4 Å². The van der Waals surface area contributed by atoms with Crippen LogP contribution in [0.1, 0.15) is 133 Å². The first kappa shape index (κ1) is 50.8. The van der Waals surface area contributed by atoms with Crippen LogP contribution in [0.5, 0.6) is 17.2 Å². The average Bonchev–Trinajstić information content (AvgIpc) is 3.76. The zero-order chi connectivity index (χ0) is 47.2. The predicted octanol–water partition coefficient (Wildman–Crippen LogP) is 3.84. The Morgan fingerprint density at radius 1 is 0.908 bits per heavy atom. The number of Topliss-reactive ketones (excluding diaryl/α,β-unsaturated/α-hetero) is 1. The number of unbranched alkanes of at least 4 members (excludes halogenated alkanes) is 6. The summed E-state index contributed by atoms with van der Waals surface area (Å²) in [6, 6.07) is 11.7. The van der Waals surface area contributed by atoms with E-state index in [0.29, 0.717) is 37.1 Å². The van der Waals surface area contributed by atoms with E-state index in [0.717, 1.165) is 37.8 Å². The normalized spacial score (nSPS) is 19.8. The van der Waals surface area contributed by atoms with Gasteiger partial charge in [-0.2, -0.15) is 0 Å². The van der Waals surface area contributed by atoms with Crippen LogP contribution in [0.4, 0.5) is 0 Å². The van der Waals surface area contributed by atoms with E-state index < -0.39 is 31.2 Å². The molecular formula is C48H63BN2O14. The van der Waals surface area contributed by atoms with Gasteiger partial charge in [0.2, 0.25) is 18.1 Å². The molecule has 0 spiro atoms. The van der Waals surface area contributed by atoms with Crippen LogP contribution in [0.25, 0.3) is 0 Å². The van der Waals surface area contributed by atoms with E-state index in [1.807, 2.05) is 6.92 Å². The van der Waals surface area contributed by atoms with Crippen LogP contribution >= 0.6 is 0 Å². The highest BCUT2D eigenvalue weighted by Crippen LogP contribution is 2.47. The third-order valence-corrected chi connectivity index (χ3v) is 12.6. The Kier molecular flexibility index (Phi) is 19.1. The van der Waals surface area contributed by atoms with Crippen molar-refractivity contribution in [2.45, 2.75) is 115 Å². The number of ketones is 3. The molecule has 17 heteroatoms. The number of aliphatic hydroxyl groups excluding tert-OH is 1. The molecule has 0 aromatic heterocycles. The summed E-state index contributed by atoms with van der Waals surface area (Å²) in [6.45, 7) is 5.16. The number of methoxy groups -OCH3 is 2. The van der Waals surface area contributed by atoms with Crippen molar-refractivity contribution in [1.82, 2.24) is 10.2 Å². The van der Waals surface area contributed by atoms with Gasteiger partial charge in [-0.3, -0.25) is 24.0 Å². The Bertz CT molecular complexity index is 2130. The van der Waals surface area contributed by atoms with Crippen molar-refractivity contribution in [3.63, 3.8) is 0 Å². The van der Waals surface area contributed by atoms with Crippen molar-refractivity contribution in [3.05, 3.63) is 81.4 Å². The summed E-state index contributed by atoms with van der Waals surface area (Å²) in [5.41, 5.74) is 1.63. The Morgan fingerprint density at radius 2 is 1.58 bits per heavy atom. The fourth-order valence-corrected chi connectivity index (χ4v) is 8.89. The molecule has 65 heavy (non-hydrogen) atoms. The topological polar surface area (TPSA) is 239 Å². The Hall–Kier alpha value is -5.17. The van der Waals surface area contributed by atoms with E-state index >= 15 is 0 Å². The summed E-state index contributed by atoms with van der Waals surface area (Å²) in [5.74, 6) is -2.51. The number of phenolic OH excluding ortho intramolecular Hbond substituents is 2. The molecule has 2 aliphatic carbocycles. The number of amides is 2. The van der Waals surface area contributed by atoms with Crippen LogP contribution in [0.15, 0.2) is 42.5 Å². The maximum atomic E-state index is 13.1. The summed E-state index contributed by atoms with van der Waals surface area (Å²) in [6.07, 6.45) is 11.3. The SMILES string of the molecule is CC1OCCC2C1OCN2C=O.CCCCCCCCCC(=O)NCC(OC)c1ccc(B(O)O)cc1.COc1cccc2c1C(=O)c1c(O)c3c(c(O)c1C2=O)CC(C(=O)CO)CC3. The predicted molar refractivity (Wildman–Crippen MR) is 240 cm³/mol. The van der Waals surface area contributed by atoms with Crippen LogP contribution in [0, 0.1) is 5.92 Å². The highest BCUT2D eigenvalue weighted by atomic mass is 16.6. The van der Waals surface area contributed by atoms with Gasteiger partial charge in [0.25, 0.3) is 0 Å². The monoisotopic (exact) mass is 902 g/mol. The van der Waals surface area contributed by atoms with Gasteiger partial charge >= 0.3 is 7.12 Å². The Morgan fingerprint density at radius 3 is 2.23 bits per heavy atom. The summed E-state index contributed by atoms with van der Waals surface area (Å²) in [5, 5.41) is 51.9. The number of benzene rings is 3. The second kappa shape index (κ2) is 24.4. The maximum absolute atomic E-state index is 13.1. The van der Waals surface area contributed by atoms with E-state index in [1.54, 1.807) is 48.4 Å². The van der Waals surface area contributed by atoms with Crippen LogP contribution < -0.4 is 15.5 Å². The van der Waals surface area contributed by atoms with Crippen molar-refractivity contribution >= 4 is 42.2 Å². The summed E-state index contributed by atoms with van der Waals surface area (Å²) < 4.78 is 21.5. The quantitative estimate of drug-likeness (QED) is 0.0382. The minimum atomic E-state index is -1.48. The lowest BCUT2D eigenvalue weighted by Crippen LogP contribution is -2.45. The van der Waals surface area contributed by atoms with Crippen LogP contribution in [0.3, 0.4) is 0 Å². The number of fused-ring (bicyclic) bond motifs is 4. The molecule has 5 atom stereocenters. The standard InChI is InChI=1S/C21H18O7.C19H32BNO4.C8H13NO3/c1-28-14-4-2-3-11-15(14)21(27)17-16(19(11)25)20(26)12-7-9(13(23)8-22)5-6-10(12)18(17)24;1-3-4-5-6-7-8-9-10-19(22)21-15-18(25-2)16-11-13-17(14-12-16)20(23)24;1-6-8-7(2-3-11-6)9(4-10)5-12-8/h2-4,9,22,24,26H,5-8H2,1H3;11-14,18,23-24H,3-10,15H2,1-2H3,(H,21,22);4,6-8H,2-3,5H2,1H3. The second-order valence-corrected chi connectivity index (χ2v) is 16.8. The zero-order valence-corrected chi connectivity index (χ0v) is 37.8. The number of hydrogen-bond donors (Lipinski definition) is 6. The van der Waals surface area contributed by atoms with E-state index in [9.17, 15) is 34.2 Å². The summed E-state index contributed by atoms with van der Waals surface area (Å²) >= 11 is 0. The number of nitrogens with one attached hydrogen (secondary N) is 1. The number of hydrogen-bond acceptors (Lipinski definition) is 14. The van der Waals surface area contributed by atoms with Gasteiger partial charge < -0.3 is 54.5 Å². The number of carbonyl (C=O) groups is 5. The smallest absolute Gasteiger partial charge is 0.488 e. The lowest BCUT2D eigenvalue weighted by Gasteiger charge is -2.31. The van der Waals surface area contributed by atoms with E-state index in [2.05, 4.69) is 12.2 Å². The molecule has 7 rings (SSSR count). The molecular weight excluding hydrogens is 839 g/mol. The van der Waals surface area contributed by atoms with E-state index in [4.69, 9.17) is 34.1 Å². The molecule has 2 heterocycles. The Labute approximate surface area is 380 Å². The van der Waals surface area contributed by atoms with Gasteiger partial charge in [-0.15, -0.1) is 0 Å². The van der Waals surface area contributed by atoms with Gasteiger partial charge in [0.05, 0.1) is 42.0 Å². The molecule has 0 saturated carbocycles. The molecule has 4 aliphatic rings. The third-order valence-electron chi connectivity index (χ3n) is 12.6. The van der Waals surface area contributed by atoms with Gasteiger partial charge in [-0.25, -0.2) is 0 Å². The number of carbonyl (C=O) groups excluding carboxylic acids is 5. The minimum absolute atomic E-state index is 0.0537. The van der Waals surface area contributed by atoms with E-state index in [1.165, 1.54) is 45.3 Å². The van der Waals surface area contributed by atoms with Crippen molar-refractivity contribution in [2.24, 2.45) is 5.92 Å². The third kappa shape index (κ3) is 12.2. The molecule has 16 nitrogen and oxygen atoms in total. The molecule has 0 bridgehead atoms. The number of phenols is 2. The molecule has 2 aliphatic heterocycles. The molecule has 6 N–H and O–H groups in total.